The standard InChI is InChI=1S/C19H25N3O2/c1-24-18(23)22-11-8-19(9-12-22)7-2-10-21(15-19)14-17-5-3-16(13-20)4-6-17/h3-6H,2,7-12,14-15H2,1H3. The molecule has 1 aromatic carbocycles. The highest BCUT2D eigenvalue weighted by Crippen LogP contribution is 2.40. The first kappa shape index (κ1) is 16.8. The minimum absolute atomic E-state index is 0.199. The predicted molar refractivity (Wildman–Crippen MR) is 91.3 cm³/mol. The van der Waals surface area contributed by atoms with Gasteiger partial charge >= 0.3 is 6.09 Å². The van der Waals surface area contributed by atoms with Crippen LogP contribution in [0.2, 0.25) is 0 Å². The quantitative estimate of drug-likeness (QED) is 0.838. The number of likely N-dealkylation sites (tertiary alicyclic amines) is 2. The lowest BCUT2D eigenvalue weighted by atomic mass is 9.72. The van der Waals surface area contributed by atoms with Gasteiger partial charge in [0, 0.05) is 26.2 Å². The number of carbonyl (C=O) groups is 1. The highest BCUT2D eigenvalue weighted by molar-refractivity contribution is 5.67. The molecule has 0 radical (unpaired) electrons. The van der Waals surface area contributed by atoms with Crippen molar-refractivity contribution in [1.29, 1.82) is 5.26 Å². The maximum Gasteiger partial charge on any atom is 0.409 e. The van der Waals surface area contributed by atoms with Crippen molar-refractivity contribution in [2.75, 3.05) is 33.3 Å². The Bertz CT molecular complexity index is 612. The largest absolute Gasteiger partial charge is 0.453 e. The second-order valence-corrected chi connectivity index (χ2v) is 7.08. The molecular weight excluding hydrogens is 302 g/mol. The Kier molecular flexibility index (Phi) is 5.06. The molecule has 1 aromatic rings. The smallest absolute Gasteiger partial charge is 0.409 e. The van der Waals surface area contributed by atoms with Gasteiger partial charge in [0.1, 0.15) is 0 Å². The Morgan fingerprint density at radius 2 is 1.92 bits per heavy atom. The number of nitriles is 1. The number of rotatable bonds is 2. The molecule has 5 nitrogen and oxygen atoms in total. The van der Waals surface area contributed by atoms with Crippen LogP contribution < -0.4 is 0 Å². The van der Waals surface area contributed by atoms with Gasteiger partial charge in [-0.15, -0.1) is 0 Å². The first-order valence-corrected chi connectivity index (χ1v) is 8.68. The van der Waals surface area contributed by atoms with Crippen LogP contribution in [0.1, 0.15) is 36.8 Å². The van der Waals surface area contributed by atoms with Gasteiger partial charge in [-0.2, -0.15) is 5.26 Å². The van der Waals surface area contributed by atoms with Crippen molar-refractivity contribution >= 4 is 6.09 Å². The molecule has 0 N–H and O–H groups in total. The minimum atomic E-state index is -0.199. The van der Waals surface area contributed by atoms with Crippen molar-refractivity contribution in [3.8, 4) is 6.07 Å². The zero-order valence-corrected chi connectivity index (χ0v) is 14.3. The van der Waals surface area contributed by atoms with Crippen LogP contribution in [0.25, 0.3) is 0 Å². The average Bonchev–Trinajstić information content (AvgIpc) is 2.62. The summed E-state index contributed by atoms with van der Waals surface area (Å²) < 4.78 is 4.84. The fourth-order valence-electron chi connectivity index (χ4n) is 4.09. The van der Waals surface area contributed by atoms with Gasteiger partial charge in [0.25, 0.3) is 0 Å². The lowest BCUT2D eigenvalue weighted by molar-refractivity contribution is 0.0201. The Balaban J connectivity index is 1.58. The normalized spacial score (nSPS) is 20.6. The number of ether oxygens (including phenoxy) is 1. The van der Waals surface area contributed by atoms with Gasteiger partial charge in [0.05, 0.1) is 18.7 Å². The molecule has 3 rings (SSSR count). The summed E-state index contributed by atoms with van der Waals surface area (Å²) in [6, 6.07) is 10.1. The number of methoxy groups -OCH3 is 1. The Labute approximate surface area is 143 Å². The van der Waals surface area contributed by atoms with Crippen LogP contribution >= 0.6 is 0 Å². The SMILES string of the molecule is COC(=O)N1CCC2(CCCN(Cc3ccc(C#N)cc3)C2)CC1. The highest BCUT2D eigenvalue weighted by atomic mass is 16.5. The second-order valence-electron chi connectivity index (χ2n) is 7.08. The number of amides is 1. The van der Waals surface area contributed by atoms with E-state index in [2.05, 4.69) is 23.1 Å². The van der Waals surface area contributed by atoms with E-state index in [1.165, 1.54) is 25.5 Å². The van der Waals surface area contributed by atoms with Crippen LogP contribution in [0.4, 0.5) is 4.79 Å². The van der Waals surface area contributed by atoms with Gasteiger partial charge in [-0.05, 0) is 55.3 Å². The monoisotopic (exact) mass is 327 g/mol. The molecule has 1 amide bonds. The van der Waals surface area contributed by atoms with E-state index in [1.54, 1.807) is 0 Å². The van der Waals surface area contributed by atoms with Crippen molar-refractivity contribution in [1.82, 2.24) is 9.80 Å². The number of piperidine rings is 2. The van der Waals surface area contributed by atoms with Gasteiger partial charge < -0.3 is 9.64 Å². The van der Waals surface area contributed by atoms with Crippen LogP contribution in [-0.4, -0.2) is 49.2 Å². The minimum Gasteiger partial charge on any atom is -0.453 e. The summed E-state index contributed by atoms with van der Waals surface area (Å²) in [6.45, 7) is 4.77. The van der Waals surface area contributed by atoms with Crippen molar-refractivity contribution < 1.29 is 9.53 Å². The van der Waals surface area contributed by atoms with Crippen LogP contribution in [0, 0.1) is 16.7 Å². The first-order chi connectivity index (χ1) is 11.6. The summed E-state index contributed by atoms with van der Waals surface area (Å²) in [4.78, 5) is 16.0. The molecule has 2 aliphatic rings. The van der Waals surface area contributed by atoms with E-state index in [0.29, 0.717) is 11.0 Å². The first-order valence-electron chi connectivity index (χ1n) is 8.68. The van der Waals surface area contributed by atoms with Crippen LogP contribution in [-0.2, 0) is 11.3 Å². The number of carbonyl (C=O) groups excluding carboxylic acids is 1. The molecule has 0 saturated carbocycles. The Morgan fingerprint density at radius 1 is 1.21 bits per heavy atom. The third-order valence-electron chi connectivity index (χ3n) is 5.49. The van der Waals surface area contributed by atoms with Crippen LogP contribution in [0.5, 0.6) is 0 Å². The molecule has 2 fully saturated rings. The molecule has 1 spiro atoms. The molecule has 2 aliphatic heterocycles. The summed E-state index contributed by atoms with van der Waals surface area (Å²) in [5.41, 5.74) is 2.32. The second kappa shape index (κ2) is 7.23. The number of hydrogen-bond acceptors (Lipinski definition) is 4. The molecule has 24 heavy (non-hydrogen) atoms. The molecule has 2 saturated heterocycles. The highest BCUT2D eigenvalue weighted by Gasteiger charge is 2.39. The summed E-state index contributed by atoms with van der Waals surface area (Å²) in [7, 11) is 1.45. The zero-order chi connectivity index (χ0) is 17.0. The molecule has 0 aromatic heterocycles. The van der Waals surface area contributed by atoms with Crippen LogP contribution in [0.3, 0.4) is 0 Å². The van der Waals surface area contributed by atoms with E-state index >= 15 is 0 Å². The predicted octanol–water partition coefficient (Wildman–Crippen LogP) is 3.00. The number of nitrogens with zero attached hydrogens (tertiary/aromatic N) is 3. The molecular formula is C19H25N3O2. The topological polar surface area (TPSA) is 56.6 Å². The third-order valence-corrected chi connectivity index (χ3v) is 5.49. The summed E-state index contributed by atoms with van der Waals surface area (Å²) in [5, 5.41) is 8.90. The summed E-state index contributed by atoms with van der Waals surface area (Å²) in [5.74, 6) is 0. The van der Waals surface area contributed by atoms with E-state index in [9.17, 15) is 4.79 Å². The molecule has 128 valence electrons. The fraction of sp³-hybridized carbons (Fsp3) is 0.579. The maximum absolute atomic E-state index is 11.7. The fourth-order valence-corrected chi connectivity index (χ4v) is 4.09. The van der Waals surface area contributed by atoms with Crippen molar-refractivity contribution in [3.05, 3.63) is 35.4 Å². The van der Waals surface area contributed by atoms with Gasteiger partial charge in [-0.25, -0.2) is 4.79 Å². The third kappa shape index (κ3) is 3.70. The maximum atomic E-state index is 11.7. The van der Waals surface area contributed by atoms with E-state index in [4.69, 9.17) is 10.00 Å². The van der Waals surface area contributed by atoms with E-state index < -0.39 is 0 Å². The Hall–Kier alpha value is -2.06. The number of benzene rings is 1. The van der Waals surface area contributed by atoms with E-state index in [0.717, 1.165) is 45.6 Å². The van der Waals surface area contributed by atoms with E-state index in [-0.39, 0.29) is 6.09 Å². The van der Waals surface area contributed by atoms with E-state index in [1.807, 2.05) is 17.0 Å². The molecule has 0 atom stereocenters. The zero-order valence-electron chi connectivity index (χ0n) is 14.3. The molecule has 5 heteroatoms. The van der Waals surface area contributed by atoms with Crippen LogP contribution in [0.15, 0.2) is 24.3 Å². The lowest BCUT2D eigenvalue weighted by Crippen LogP contribution is -2.50. The van der Waals surface area contributed by atoms with Gasteiger partial charge in [0.2, 0.25) is 0 Å². The number of hydrogen-bond donors (Lipinski definition) is 0. The van der Waals surface area contributed by atoms with Crippen molar-refractivity contribution in [3.63, 3.8) is 0 Å². The van der Waals surface area contributed by atoms with Crippen molar-refractivity contribution in [2.45, 2.75) is 32.2 Å². The summed E-state index contributed by atoms with van der Waals surface area (Å²) >= 11 is 0. The summed E-state index contributed by atoms with van der Waals surface area (Å²) in [6.07, 6.45) is 4.40. The average molecular weight is 327 g/mol. The van der Waals surface area contributed by atoms with Gasteiger partial charge in [-0.1, -0.05) is 12.1 Å². The molecule has 0 unspecified atom stereocenters. The molecule has 0 bridgehead atoms. The molecule has 0 aliphatic carbocycles. The Morgan fingerprint density at radius 3 is 2.54 bits per heavy atom. The van der Waals surface area contributed by atoms with Gasteiger partial charge in [0.15, 0.2) is 0 Å². The molecule has 2 heterocycles. The van der Waals surface area contributed by atoms with Gasteiger partial charge in [-0.3, -0.25) is 4.90 Å². The lowest BCUT2D eigenvalue weighted by Gasteiger charge is -2.47. The van der Waals surface area contributed by atoms with Crippen molar-refractivity contribution in [2.24, 2.45) is 5.41 Å².